The number of carboxylic acids is 1. The topological polar surface area (TPSA) is 75.6 Å². The van der Waals surface area contributed by atoms with E-state index in [1.165, 1.54) is 6.07 Å². The molecule has 5 aliphatic carbocycles. The van der Waals surface area contributed by atoms with Gasteiger partial charge in [0.25, 0.3) is 5.91 Å². The van der Waals surface area contributed by atoms with Crippen LogP contribution in [0.4, 0.5) is 13.2 Å². The van der Waals surface area contributed by atoms with E-state index < -0.39 is 41.5 Å². The van der Waals surface area contributed by atoms with Gasteiger partial charge in [-0.2, -0.15) is 13.2 Å². The number of carboxylic acid groups (broad SMARTS) is 1. The number of alkyl halides is 3. The third-order valence-electron chi connectivity index (χ3n) is 9.29. The Morgan fingerprint density at radius 2 is 1.61 bits per heavy atom. The number of nitrogens with one attached hydrogen (secondary N) is 1. The summed E-state index contributed by atoms with van der Waals surface area (Å²) in [5.74, 6) is -0.0703. The number of carbonyl (C=O) groups is 2. The molecule has 2 aromatic rings. The van der Waals surface area contributed by atoms with Gasteiger partial charge in [0, 0.05) is 10.8 Å². The Morgan fingerprint density at radius 3 is 2.17 bits per heavy atom. The molecule has 0 radical (unpaired) electrons. The summed E-state index contributed by atoms with van der Waals surface area (Å²) in [5.41, 5.74) is -2.29. The second kappa shape index (κ2) is 8.12. The van der Waals surface area contributed by atoms with Crippen molar-refractivity contribution >= 4 is 22.6 Å². The Hall–Kier alpha value is -2.77. The molecule has 2 N–H and O–H groups in total. The molecule has 5 saturated carbocycles. The van der Waals surface area contributed by atoms with Crippen LogP contribution in [0.5, 0.6) is 5.75 Å². The quantitative estimate of drug-likeness (QED) is 0.491. The van der Waals surface area contributed by atoms with E-state index in [2.05, 4.69) is 5.32 Å². The Morgan fingerprint density at radius 1 is 1.00 bits per heavy atom. The maximum absolute atomic E-state index is 13.6. The third-order valence-corrected chi connectivity index (χ3v) is 9.29. The molecular weight excluding hydrogens is 471 g/mol. The molecule has 8 heteroatoms. The Kier molecular flexibility index (Phi) is 5.33. The number of carbonyl (C=O) groups excluding carboxylic acids is 1. The number of fused-ring (bicyclic) bond motifs is 1. The second-order valence-corrected chi connectivity index (χ2v) is 11.8. The monoisotopic (exact) mass is 501 g/mol. The van der Waals surface area contributed by atoms with Gasteiger partial charge in [-0.1, -0.05) is 30.3 Å². The molecule has 192 valence electrons. The highest BCUT2D eigenvalue weighted by atomic mass is 19.4. The molecule has 4 bridgehead atoms. The molecule has 0 aliphatic heterocycles. The average Bonchev–Trinajstić information content (AvgIpc) is 3.61. The van der Waals surface area contributed by atoms with Gasteiger partial charge >= 0.3 is 12.1 Å². The van der Waals surface area contributed by atoms with Crippen molar-refractivity contribution in [1.29, 1.82) is 0 Å². The largest absolute Gasteiger partial charge is 0.491 e. The number of amides is 1. The van der Waals surface area contributed by atoms with E-state index in [9.17, 15) is 27.9 Å². The summed E-state index contributed by atoms with van der Waals surface area (Å²) >= 11 is 0. The molecule has 0 spiro atoms. The molecule has 1 amide bonds. The zero-order chi connectivity index (χ0) is 25.3. The van der Waals surface area contributed by atoms with Crippen LogP contribution in [0.1, 0.15) is 61.7 Å². The van der Waals surface area contributed by atoms with Gasteiger partial charge in [0.2, 0.25) is 0 Å². The summed E-state index contributed by atoms with van der Waals surface area (Å²) in [7, 11) is 0. The first-order valence-corrected chi connectivity index (χ1v) is 12.8. The second-order valence-electron chi connectivity index (χ2n) is 11.8. The van der Waals surface area contributed by atoms with E-state index in [4.69, 9.17) is 4.74 Å². The molecule has 5 fully saturated rings. The molecule has 5 aliphatic rings. The van der Waals surface area contributed by atoms with Crippen LogP contribution >= 0.6 is 0 Å². The molecular formula is C28H30F3NO4. The molecule has 7 rings (SSSR count). The number of aliphatic carboxylic acids is 1. The van der Waals surface area contributed by atoms with Crippen molar-refractivity contribution in [2.45, 2.75) is 63.6 Å². The molecule has 36 heavy (non-hydrogen) atoms. The molecule has 5 nitrogen and oxygen atoms in total. The normalized spacial score (nSPS) is 30.7. The van der Waals surface area contributed by atoms with Crippen LogP contribution in [-0.2, 0) is 4.79 Å². The van der Waals surface area contributed by atoms with Crippen LogP contribution in [0.2, 0.25) is 0 Å². The molecule has 2 aromatic carbocycles. The Bertz CT molecular complexity index is 1180. The van der Waals surface area contributed by atoms with E-state index in [0.29, 0.717) is 23.1 Å². The fourth-order valence-corrected chi connectivity index (χ4v) is 7.66. The number of benzene rings is 2. The lowest BCUT2D eigenvalue weighted by atomic mass is 9.47. The van der Waals surface area contributed by atoms with Crippen molar-refractivity contribution in [2.24, 2.45) is 28.6 Å². The van der Waals surface area contributed by atoms with Crippen molar-refractivity contribution in [3.05, 3.63) is 42.0 Å². The minimum absolute atomic E-state index is 0.00406. The highest BCUT2D eigenvalue weighted by Gasteiger charge is 2.64. The summed E-state index contributed by atoms with van der Waals surface area (Å²) in [6.07, 6.45) is 1.43. The first-order valence-electron chi connectivity index (χ1n) is 12.8. The van der Waals surface area contributed by atoms with Gasteiger partial charge in [-0.3, -0.25) is 4.79 Å². The van der Waals surface area contributed by atoms with E-state index in [-0.39, 0.29) is 24.2 Å². The smallest absolute Gasteiger partial charge is 0.397 e. The zero-order valence-corrected chi connectivity index (χ0v) is 19.9. The maximum Gasteiger partial charge on any atom is 0.397 e. The van der Waals surface area contributed by atoms with Crippen LogP contribution in [0, 0.1) is 28.6 Å². The van der Waals surface area contributed by atoms with Crippen molar-refractivity contribution in [3.8, 4) is 5.75 Å². The predicted molar refractivity (Wildman–Crippen MR) is 127 cm³/mol. The summed E-state index contributed by atoms with van der Waals surface area (Å²) in [6, 6.07) is 9.26. The molecule has 1 atom stereocenters. The first-order chi connectivity index (χ1) is 17.1. The van der Waals surface area contributed by atoms with E-state index in [0.717, 1.165) is 43.9 Å². The highest BCUT2D eigenvalue weighted by Crippen LogP contribution is 2.61. The zero-order valence-electron chi connectivity index (χ0n) is 19.9. The number of ether oxygens (including phenoxy) is 1. The highest BCUT2D eigenvalue weighted by molar-refractivity contribution is 6.05. The van der Waals surface area contributed by atoms with Crippen LogP contribution in [-0.4, -0.2) is 35.8 Å². The van der Waals surface area contributed by atoms with Gasteiger partial charge in [-0.25, -0.2) is 4.79 Å². The number of halogens is 3. The molecule has 0 heterocycles. The van der Waals surface area contributed by atoms with Gasteiger partial charge in [0.05, 0.1) is 5.56 Å². The minimum atomic E-state index is -4.38. The van der Waals surface area contributed by atoms with Gasteiger partial charge in [0.15, 0.2) is 0 Å². The van der Waals surface area contributed by atoms with Crippen molar-refractivity contribution in [3.63, 3.8) is 0 Å². The summed E-state index contributed by atoms with van der Waals surface area (Å²) in [4.78, 5) is 26.1. The van der Waals surface area contributed by atoms with E-state index >= 15 is 0 Å². The van der Waals surface area contributed by atoms with Gasteiger partial charge < -0.3 is 15.2 Å². The van der Waals surface area contributed by atoms with Crippen LogP contribution in [0.15, 0.2) is 36.4 Å². The standard InChI is InChI=1S/C28H30F3NO4/c29-28(30,31)27(7-8-27)15-36-22-20-4-2-1-3-19(20)5-6-21(22)24(33)32-23(25(34)35)26-12-16-9-17(13-26)11-18(10-16)14-26/h1-6,16-18,23H,7-15H2,(H,32,33)(H,34,35). The summed E-state index contributed by atoms with van der Waals surface area (Å²) in [6.45, 7) is -0.567. The van der Waals surface area contributed by atoms with Crippen molar-refractivity contribution in [1.82, 2.24) is 5.32 Å². The SMILES string of the molecule is O=C(NC(C(=O)O)C12CC3CC(CC(C3)C1)C2)c1ccc2ccccc2c1OCC1(C(F)(F)F)CC1. The molecule has 1 unspecified atom stereocenters. The predicted octanol–water partition coefficient (Wildman–Crippen LogP) is 5.96. The van der Waals surface area contributed by atoms with Crippen LogP contribution in [0.25, 0.3) is 10.8 Å². The van der Waals surface area contributed by atoms with Crippen molar-refractivity contribution < 1.29 is 32.6 Å². The lowest BCUT2D eigenvalue weighted by Gasteiger charge is -2.58. The fraction of sp³-hybridized carbons (Fsp3) is 0.571. The third kappa shape index (κ3) is 3.84. The van der Waals surface area contributed by atoms with Crippen LogP contribution < -0.4 is 10.1 Å². The summed E-state index contributed by atoms with van der Waals surface area (Å²) < 4.78 is 46.5. The minimum Gasteiger partial charge on any atom is -0.491 e. The molecule has 0 aromatic heterocycles. The number of hydrogen-bond donors (Lipinski definition) is 2. The van der Waals surface area contributed by atoms with E-state index in [1.54, 1.807) is 30.3 Å². The lowest BCUT2D eigenvalue weighted by Crippen LogP contribution is -2.59. The van der Waals surface area contributed by atoms with Crippen LogP contribution in [0.3, 0.4) is 0 Å². The number of hydrogen-bond acceptors (Lipinski definition) is 3. The lowest BCUT2D eigenvalue weighted by molar-refractivity contribution is -0.194. The van der Waals surface area contributed by atoms with Gasteiger partial charge in [-0.05, 0) is 80.6 Å². The van der Waals surface area contributed by atoms with E-state index in [1.807, 2.05) is 0 Å². The van der Waals surface area contributed by atoms with Gasteiger partial charge in [0.1, 0.15) is 23.8 Å². The number of rotatable bonds is 7. The molecule has 0 saturated heterocycles. The fourth-order valence-electron chi connectivity index (χ4n) is 7.66. The average molecular weight is 502 g/mol. The summed E-state index contributed by atoms with van der Waals surface area (Å²) in [5, 5.41) is 14.3. The van der Waals surface area contributed by atoms with Crippen molar-refractivity contribution in [2.75, 3.05) is 6.61 Å². The van der Waals surface area contributed by atoms with Gasteiger partial charge in [-0.15, -0.1) is 0 Å². The Labute approximate surface area is 207 Å². The first kappa shape index (κ1) is 23.6. The maximum atomic E-state index is 13.6. The Balaban J connectivity index is 1.31.